The van der Waals surface area contributed by atoms with Gasteiger partial charge in [-0.25, -0.2) is 4.79 Å². The van der Waals surface area contributed by atoms with Gasteiger partial charge in [-0.2, -0.15) is 0 Å². The lowest BCUT2D eigenvalue weighted by molar-refractivity contribution is -0.120. The van der Waals surface area contributed by atoms with E-state index in [1.807, 2.05) is 19.1 Å². The van der Waals surface area contributed by atoms with Crippen LogP contribution in [0.4, 0.5) is 4.79 Å². The zero-order valence-corrected chi connectivity index (χ0v) is 13.8. The number of benzene rings is 1. The largest absolute Gasteiger partial charge is 0.352 e. The molecule has 3 amide bonds. The van der Waals surface area contributed by atoms with Crippen LogP contribution >= 0.6 is 11.8 Å². The quantitative estimate of drug-likeness (QED) is 0.676. The van der Waals surface area contributed by atoms with Crippen molar-refractivity contribution in [1.82, 2.24) is 16.0 Å². The summed E-state index contributed by atoms with van der Waals surface area (Å²) in [6, 6.07) is 8.03. The van der Waals surface area contributed by atoms with Crippen molar-refractivity contribution >= 4 is 23.7 Å². The summed E-state index contributed by atoms with van der Waals surface area (Å²) in [6.07, 6.45) is 2.09. The lowest BCUT2D eigenvalue weighted by Gasteiger charge is -2.15. The van der Waals surface area contributed by atoms with Gasteiger partial charge in [-0.15, -0.1) is 11.8 Å². The number of rotatable bonds is 7. The molecule has 0 spiro atoms. The van der Waals surface area contributed by atoms with Gasteiger partial charge in [0.2, 0.25) is 5.91 Å². The highest BCUT2D eigenvalue weighted by Gasteiger charge is 2.23. The van der Waals surface area contributed by atoms with Crippen LogP contribution in [0.25, 0.3) is 0 Å². The Kier molecular flexibility index (Phi) is 6.12. The van der Waals surface area contributed by atoms with E-state index in [1.54, 1.807) is 11.8 Å². The van der Waals surface area contributed by atoms with Crippen molar-refractivity contribution in [2.75, 3.05) is 12.3 Å². The van der Waals surface area contributed by atoms with Crippen molar-refractivity contribution < 1.29 is 9.59 Å². The maximum atomic E-state index is 11.8. The van der Waals surface area contributed by atoms with Crippen LogP contribution in [0.1, 0.15) is 38.3 Å². The summed E-state index contributed by atoms with van der Waals surface area (Å²) < 4.78 is 0. The third-order valence-corrected chi connectivity index (χ3v) is 4.28. The molecule has 1 atom stereocenters. The molecule has 0 saturated heterocycles. The second-order valence-corrected chi connectivity index (χ2v) is 6.73. The molecule has 0 bridgehead atoms. The van der Waals surface area contributed by atoms with Crippen LogP contribution in [0.3, 0.4) is 0 Å². The van der Waals surface area contributed by atoms with Crippen LogP contribution in [-0.2, 0) is 4.79 Å². The maximum absolute atomic E-state index is 11.8. The number of amides is 3. The minimum absolute atomic E-state index is 0.0150. The molecule has 0 aromatic heterocycles. The molecule has 5 nitrogen and oxygen atoms in total. The monoisotopic (exact) mass is 321 g/mol. The molecule has 3 N–H and O–H groups in total. The zero-order chi connectivity index (χ0) is 15.9. The van der Waals surface area contributed by atoms with E-state index in [0.29, 0.717) is 6.04 Å². The van der Waals surface area contributed by atoms with Crippen LogP contribution in [0, 0.1) is 0 Å². The molecule has 0 unspecified atom stereocenters. The summed E-state index contributed by atoms with van der Waals surface area (Å²) in [5, 5.41) is 8.25. The molecule has 6 heteroatoms. The highest BCUT2D eigenvalue weighted by atomic mass is 32.2. The minimum atomic E-state index is -0.328. The summed E-state index contributed by atoms with van der Waals surface area (Å²) >= 11 is 1.79. The summed E-state index contributed by atoms with van der Waals surface area (Å²) in [7, 11) is 0. The number of thioether (sulfide) groups is 1. The molecule has 1 aromatic carbocycles. The Morgan fingerprint density at radius 3 is 2.55 bits per heavy atom. The first-order chi connectivity index (χ1) is 10.6. The van der Waals surface area contributed by atoms with Gasteiger partial charge in [0.1, 0.15) is 0 Å². The number of hydrogen-bond donors (Lipinski definition) is 3. The Morgan fingerprint density at radius 1 is 1.27 bits per heavy atom. The predicted molar refractivity (Wildman–Crippen MR) is 89.0 cm³/mol. The SMILES string of the molecule is CCSc1ccc([C@@H](C)NC(=O)NCC(=O)NC2CC2)cc1. The average Bonchev–Trinajstić information content (AvgIpc) is 3.30. The molecule has 0 aliphatic heterocycles. The smallest absolute Gasteiger partial charge is 0.315 e. The number of urea groups is 1. The van der Waals surface area contributed by atoms with Crippen molar-refractivity contribution in [3.8, 4) is 0 Å². The van der Waals surface area contributed by atoms with Gasteiger partial charge in [-0.1, -0.05) is 19.1 Å². The fourth-order valence-electron chi connectivity index (χ4n) is 2.02. The average molecular weight is 321 g/mol. The van der Waals surface area contributed by atoms with Crippen LogP contribution in [0.5, 0.6) is 0 Å². The highest BCUT2D eigenvalue weighted by Crippen LogP contribution is 2.20. The standard InChI is InChI=1S/C16H23N3O2S/c1-3-22-14-8-4-12(5-9-14)11(2)18-16(21)17-10-15(20)19-13-6-7-13/h4-5,8-9,11,13H,3,6-7,10H2,1-2H3,(H,19,20)(H2,17,18,21)/t11-/m1/s1. The van der Waals surface area contributed by atoms with E-state index in [1.165, 1.54) is 4.90 Å². The third kappa shape index (κ3) is 5.60. The molecule has 2 rings (SSSR count). The fourth-order valence-corrected chi connectivity index (χ4v) is 2.68. The zero-order valence-electron chi connectivity index (χ0n) is 13.0. The van der Waals surface area contributed by atoms with E-state index in [-0.39, 0.29) is 24.5 Å². The van der Waals surface area contributed by atoms with E-state index >= 15 is 0 Å². The lowest BCUT2D eigenvalue weighted by Crippen LogP contribution is -2.43. The van der Waals surface area contributed by atoms with Gasteiger partial charge < -0.3 is 16.0 Å². The van der Waals surface area contributed by atoms with Crippen molar-refractivity contribution in [3.63, 3.8) is 0 Å². The molecule has 0 radical (unpaired) electrons. The van der Waals surface area contributed by atoms with E-state index in [0.717, 1.165) is 24.2 Å². The van der Waals surface area contributed by atoms with E-state index in [4.69, 9.17) is 0 Å². The second kappa shape index (κ2) is 8.08. The van der Waals surface area contributed by atoms with Gasteiger partial charge in [0.05, 0.1) is 12.6 Å². The molecule has 1 aliphatic carbocycles. The number of carbonyl (C=O) groups is 2. The lowest BCUT2D eigenvalue weighted by atomic mass is 10.1. The van der Waals surface area contributed by atoms with Crippen molar-refractivity contribution in [1.29, 1.82) is 0 Å². The number of nitrogens with one attached hydrogen (secondary N) is 3. The molecule has 1 aliphatic rings. The van der Waals surface area contributed by atoms with E-state index in [2.05, 4.69) is 35.0 Å². The van der Waals surface area contributed by atoms with Gasteiger partial charge in [-0.05, 0) is 43.2 Å². The Hall–Kier alpha value is -1.69. The van der Waals surface area contributed by atoms with Crippen LogP contribution in [-0.4, -0.2) is 30.3 Å². The predicted octanol–water partition coefficient (Wildman–Crippen LogP) is 2.44. The van der Waals surface area contributed by atoms with Crippen LogP contribution in [0.2, 0.25) is 0 Å². The summed E-state index contributed by atoms with van der Waals surface area (Å²) in [5.41, 5.74) is 1.04. The molecular formula is C16H23N3O2S. The Labute approximate surface area is 135 Å². The Morgan fingerprint density at radius 2 is 1.95 bits per heavy atom. The van der Waals surface area contributed by atoms with Gasteiger partial charge in [0, 0.05) is 10.9 Å². The van der Waals surface area contributed by atoms with Crippen molar-refractivity contribution in [3.05, 3.63) is 29.8 Å². The molecular weight excluding hydrogens is 298 g/mol. The fraction of sp³-hybridized carbons (Fsp3) is 0.500. The highest BCUT2D eigenvalue weighted by molar-refractivity contribution is 7.99. The molecule has 1 saturated carbocycles. The first-order valence-electron chi connectivity index (χ1n) is 7.65. The Bertz CT molecular complexity index is 515. The summed E-state index contributed by atoms with van der Waals surface area (Å²) in [5.74, 6) is 0.907. The van der Waals surface area contributed by atoms with Gasteiger partial charge >= 0.3 is 6.03 Å². The summed E-state index contributed by atoms with van der Waals surface area (Å²) in [4.78, 5) is 24.5. The van der Waals surface area contributed by atoms with Gasteiger partial charge in [0.25, 0.3) is 0 Å². The molecule has 120 valence electrons. The topological polar surface area (TPSA) is 70.2 Å². The summed E-state index contributed by atoms with van der Waals surface area (Å²) in [6.45, 7) is 4.05. The van der Waals surface area contributed by atoms with Crippen molar-refractivity contribution in [2.24, 2.45) is 0 Å². The number of hydrogen-bond acceptors (Lipinski definition) is 3. The number of carbonyl (C=O) groups excluding carboxylic acids is 2. The van der Waals surface area contributed by atoms with Crippen LogP contribution < -0.4 is 16.0 Å². The van der Waals surface area contributed by atoms with Crippen LogP contribution in [0.15, 0.2) is 29.2 Å². The Balaban J connectivity index is 1.73. The third-order valence-electron chi connectivity index (χ3n) is 3.39. The molecule has 1 aromatic rings. The van der Waals surface area contributed by atoms with Gasteiger partial charge in [0.15, 0.2) is 0 Å². The maximum Gasteiger partial charge on any atom is 0.315 e. The molecule has 1 fully saturated rings. The van der Waals surface area contributed by atoms with Gasteiger partial charge in [-0.3, -0.25) is 4.79 Å². The first-order valence-corrected chi connectivity index (χ1v) is 8.63. The minimum Gasteiger partial charge on any atom is -0.352 e. The van der Waals surface area contributed by atoms with E-state index < -0.39 is 0 Å². The van der Waals surface area contributed by atoms with Crippen molar-refractivity contribution in [2.45, 2.75) is 43.7 Å². The second-order valence-electron chi connectivity index (χ2n) is 5.39. The molecule has 22 heavy (non-hydrogen) atoms. The first kappa shape index (κ1) is 16.7. The van der Waals surface area contributed by atoms with E-state index in [9.17, 15) is 9.59 Å². The normalized spacial score (nSPS) is 15.0. The molecule has 0 heterocycles.